The summed E-state index contributed by atoms with van der Waals surface area (Å²) in [7, 11) is 0. The molecule has 0 spiro atoms. The van der Waals surface area contributed by atoms with Crippen LogP contribution in [0.5, 0.6) is 0 Å². The van der Waals surface area contributed by atoms with Crippen LogP contribution >= 0.6 is 0 Å². The summed E-state index contributed by atoms with van der Waals surface area (Å²) in [6, 6.07) is 5.05. The number of aromatic nitrogens is 3. The molecule has 53 heavy (non-hydrogen) atoms. The molecule has 10 rings (SSSR count). The first-order valence-corrected chi connectivity index (χ1v) is 16.1. The summed E-state index contributed by atoms with van der Waals surface area (Å²) in [6.07, 6.45) is 0. The molecule has 10 aromatic rings. The lowest BCUT2D eigenvalue weighted by Crippen LogP contribution is -2.01. The van der Waals surface area contributed by atoms with Crippen molar-refractivity contribution in [1.29, 1.82) is 0 Å². The Balaban J connectivity index is 1.34. The van der Waals surface area contributed by atoms with Gasteiger partial charge >= 0.3 is 0 Å². The average Bonchev–Trinajstić information content (AvgIpc) is 3.76. The van der Waals surface area contributed by atoms with Crippen molar-refractivity contribution in [2.75, 3.05) is 0 Å². The van der Waals surface area contributed by atoms with E-state index in [2.05, 4.69) is 4.98 Å². The van der Waals surface area contributed by atoms with Crippen molar-refractivity contribution in [3.63, 3.8) is 0 Å². The maximum absolute atomic E-state index is 9.33. The summed E-state index contributed by atoms with van der Waals surface area (Å²) < 4.78 is 180. The van der Waals surface area contributed by atoms with Gasteiger partial charge in [0.25, 0.3) is 0 Å². The van der Waals surface area contributed by atoms with E-state index in [1.54, 1.807) is 24.3 Å². The van der Waals surface area contributed by atoms with E-state index in [0.29, 0.717) is 16.5 Å². The third kappa shape index (κ3) is 5.54. The van der Waals surface area contributed by atoms with Crippen LogP contribution in [-0.2, 0) is 0 Å². The number of furan rings is 1. The summed E-state index contributed by atoms with van der Waals surface area (Å²) in [5.41, 5.74) is -1.66. The van der Waals surface area contributed by atoms with Crippen molar-refractivity contribution >= 4 is 32.7 Å². The SMILES string of the molecule is [2H]c1cc2c(oc3c([2H])c([2H])c([2H])c(-c4nc(-c5ccc(-c6c([2H])c([2H])c([2H])c([2H])c6[2H])c(-c6cccc7ccccc67)c5)nc(-c5c([2H])c([2H])c(-c6c([2H])c([2H])c([2H])c([2H])c6[2H])c([2H])c5[2H])n4)c32)c([2H])c1[2H]. The van der Waals surface area contributed by atoms with E-state index in [0.717, 1.165) is 5.39 Å². The molecule has 0 atom stereocenters. The Kier molecular flexibility index (Phi) is 3.99. The Morgan fingerprint density at radius 2 is 1.04 bits per heavy atom. The van der Waals surface area contributed by atoms with Gasteiger partial charge in [0.1, 0.15) is 11.2 Å². The van der Waals surface area contributed by atoms with Gasteiger partial charge in [-0.25, -0.2) is 15.0 Å². The summed E-state index contributed by atoms with van der Waals surface area (Å²) in [5, 5.41) is 1.34. The molecule has 0 amide bonds. The molecule has 0 aliphatic carbocycles. The van der Waals surface area contributed by atoms with Crippen LogP contribution in [0, 0.1) is 0 Å². The van der Waals surface area contributed by atoms with Crippen LogP contribution in [0.4, 0.5) is 0 Å². The van der Waals surface area contributed by atoms with Gasteiger partial charge in [0, 0.05) is 27.5 Å². The van der Waals surface area contributed by atoms with Crippen LogP contribution in [0.1, 0.15) is 27.4 Å². The maximum atomic E-state index is 9.33. The molecule has 4 nitrogen and oxygen atoms in total. The summed E-state index contributed by atoms with van der Waals surface area (Å²) in [6.45, 7) is 0. The molecule has 0 unspecified atom stereocenters. The molecular formula is C49H31N3O. The van der Waals surface area contributed by atoms with Crippen LogP contribution in [-0.4, -0.2) is 15.0 Å². The minimum Gasteiger partial charge on any atom is -0.456 e. The van der Waals surface area contributed by atoms with Crippen LogP contribution in [0.15, 0.2) is 192 Å². The normalized spacial score (nSPS) is 16.7. The van der Waals surface area contributed by atoms with E-state index in [4.69, 9.17) is 34.9 Å². The average molecular weight is 698 g/mol. The van der Waals surface area contributed by atoms with Gasteiger partial charge in [-0.3, -0.25) is 0 Å². The van der Waals surface area contributed by atoms with Crippen molar-refractivity contribution < 1.29 is 31.8 Å². The highest BCUT2D eigenvalue weighted by Crippen LogP contribution is 2.40. The molecule has 0 aliphatic heterocycles. The number of rotatable bonds is 6. The predicted octanol–water partition coefficient (Wildman–Crippen LogP) is 12.9. The minimum absolute atomic E-state index is 0.0186. The second-order valence-corrected chi connectivity index (χ2v) is 11.7. The summed E-state index contributed by atoms with van der Waals surface area (Å²) >= 11 is 0. The lowest BCUT2D eigenvalue weighted by molar-refractivity contribution is 0.669. The molecule has 2 heterocycles. The fraction of sp³-hybridized carbons (Fsp3) is 0. The number of hydrogen-bond acceptors (Lipinski definition) is 4. The minimum atomic E-state index is -0.840. The Labute approximate surface area is 334 Å². The zero-order valence-electron chi connectivity index (χ0n) is 47.1. The first kappa shape index (κ1) is 16.4. The molecule has 4 heteroatoms. The fourth-order valence-corrected chi connectivity index (χ4v) is 6.21. The topological polar surface area (TPSA) is 51.8 Å². The Bertz CT molecular complexity index is 4030. The molecule has 0 N–H and O–H groups in total. The van der Waals surface area contributed by atoms with Crippen molar-refractivity contribution in [2.45, 2.75) is 0 Å². The van der Waals surface area contributed by atoms with Gasteiger partial charge in [0.15, 0.2) is 17.5 Å². The lowest BCUT2D eigenvalue weighted by Gasteiger charge is -2.15. The molecule has 0 saturated carbocycles. The van der Waals surface area contributed by atoms with Crippen LogP contribution < -0.4 is 0 Å². The summed E-state index contributed by atoms with van der Waals surface area (Å²) in [5.74, 6) is -1.31. The molecule has 8 aromatic carbocycles. The molecule has 0 aliphatic rings. The first-order valence-electron chi connectivity index (χ1n) is 26.1. The molecule has 248 valence electrons. The van der Waals surface area contributed by atoms with E-state index < -0.39 is 149 Å². The summed E-state index contributed by atoms with van der Waals surface area (Å²) in [4.78, 5) is 14.1. The maximum Gasteiger partial charge on any atom is 0.164 e. The van der Waals surface area contributed by atoms with Crippen LogP contribution in [0.25, 0.3) is 100 Å². The molecule has 0 saturated heterocycles. The van der Waals surface area contributed by atoms with Gasteiger partial charge in [-0.05, 0) is 62.3 Å². The smallest absolute Gasteiger partial charge is 0.164 e. The Morgan fingerprint density at radius 3 is 1.87 bits per heavy atom. The second-order valence-electron chi connectivity index (χ2n) is 11.7. The molecule has 0 radical (unpaired) electrons. The molecule has 2 aromatic heterocycles. The lowest BCUT2D eigenvalue weighted by atomic mass is 9.90. The Morgan fingerprint density at radius 1 is 0.377 bits per heavy atom. The van der Waals surface area contributed by atoms with E-state index in [1.807, 2.05) is 24.3 Å². The van der Waals surface area contributed by atoms with E-state index in [1.165, 1.54) is 18.2 Å². The van der Waals surface area contributed by atoms with Gasteiger partial charge in [-0.2, -0.15) is 0 Å². The molecular weight excluding hydrogens is 647 g/mol. The zero-order chi connectivity index (χ0) is 52.5. The molecule has 0 fully saturated rings. The monoisotopic (exact) mass is 697 g/mol. The number of hydrogen-bond donors (Lipinski definition) is 0. The zero-order valence-corrected chi connectivity index (χ0v) is 27.1. The number of nitrogens with zero attached hydrogens (tertiary/aromatic N) is 3. The largest absolute Gasteiger partial charge is 0.456 e. The quantitative estimate of drug-likeness (QED) is 0.174. The van der Waals surface area contributed by atoms with E-state index in [-0.39, 0.29) is 50.0 Å². The van der Waals surface area contributed by atoms with Crippen LogP contribution in [0.3, 0.4) is 0 Å². The highest BCUT2D eigenvalue weighted by molar-refractivity contribution is 6.11. The van der Waals surface area contributed by atoms with E-state index >= 15 is 0 Å². The van der Waals surface area contributed by atoms with Gasteiger partial charge < -0.3 is 4.42 Å². The third-order valence-electron chi connectivity index (χ3n) is 8.61. The molecule has 0 bridgehead atoms. The predicted molar refractivity (Wildman–Crippen MR) is 217 cm³/mol. The van der Waals surface area contributed by atoms with Crippen molar-refractivity contribution in [1.82, 2.24) is 15.0 Å². The highest BCUT2D eigenvalue weighted by Gasteiger charge is 2.19. The first-order chi connectivity index (χ1) is 34.6. The standard InChI is InChI=1S/C49H31N3O/c1-3-13-32(14-4-1)33-25-27-36(28-26-33)47-50-48(52-49(51-47)42-22-12-24-45-46(42)41-20-9-10-23-44(41)53-45)37-29-30-39(34-15-5-2-6-16-34)43(31-37)40-21-11-18-35-17-7-8-19-38(35)40/h1-31H/i1D,2D,3D,4D,5D,6D,9D,10D,12D,13D,14D,15D,16D,22D,23D,24D,25D,26D,27D,28D. The van der Waals surface area contributed by atoms with Crippen molar-refractivity contribution in [3.05, 3.63) is 188 Å². The van der Waals surface area contributed by atoms with Crippen molar-refractivity contribution in [3.8, 4) is 67.5 Å². The Hall–Kier alpha value is -7.17. The number of fused-ring (bicyclic) bond motifs is 4. The number of para-hydroxylation sites is 1. The highest BCUT2D eigenvalue weighted by atomic mass is 16.3. The van der Waals surface area contributed by atoms with Gasteiger partial charge in [0.2, 0.25) is 0 Å². The van der Waals surface area contributed by atoms with Gasteiger partial charge in [-0.15, -0.1) is 0 Å². The number of benzene rings is 8. The second kappa shape index (κ2) is 12.9. The van der Waals surface area contributed by atoms with Crippen LogP contribution in [0.2, 0.25) is 0 Å². The van der Waals surface area contributed by atoms with Gasteiger partial charge in [0.05, 0.1) is 27.4 Å². The van der Waals surface area contributed by atoms with Crippen molar-refractivity contribution in [2.24, 2.45) is 0 Å². The fourth-order valence-electron chi connectivity index (χ4n) is 6.21. The van der Waals surface area contributed by atoms with E-state index in [9.17, 15) is 6.85 Å². The van der Waals surface area contributed by atoms with Gasteiger partial charge in [-0.1, -0.05) is 169 Å². The third-order valence-corrected chi connectivity index (χ3v) is 8.61.